The molecule has 1 amide bonds. The number of hydrogen-bond acceptors (Lipinski definition) is 5. The molecule has 1 aromatic rings. The summed E-state index contributed by atoms with van der Waals surface area (Å²) >= 11 is 0. The van der Waals surface area contributed by atoms with Crippen molar-refractivity contribution < 1.29 is 4.79 Å². The highest BCUT2D eigenvalue weighted by molar-refractivity contribution is 5.79. The van der Waals surface area contributed by atoms with Crippen LogP contribution >= 0.6 is 0 Å². The van der Waals surface area contributed by atoms with Gasteiger partial charge in [0.25, 0.3) is 0 Å². The maximum absolute atomic E-state index is 12.3. The molecule has 2 N–H and O–H groups in total. The van der Waals surface area contributed by atoms with Crippen LogP contribution in [0.5, 0.6) is 0 Å². The molecule has 0 aliphatic carbocycles. The minimum atomic E-state index is 0.167. The van der Waals surface area contributed by atoms with Crippen molar-refractivity contribution in [1.29, 1.82) is 0 Å². The quantitative estimate of drug-likeness (QED) is 0.812. The van der Waals surface area contributed by atoms with E-state index in [-0.39, 0.29) is 11.8 Å². The van der Waals surface area contributed by atoms with Gasteiger partial charge in [0.15, 0.2) is 0 Å². The molecule has 3 fully saturated rings. The molecule has 4 unspecified atom stereocenters. The van der Waals surface area contributed by atoms with Crippen LogP contribution in [0.25, 0.3) is 0 Å². The summed E-state index contributed by atoms with van der Waals surface area (Å²) < 4.78 is 1.89. The van der Waals surface area contributed by atoms with Crippen LogP contribution in [0.2, 0.25) is 0 Å². The lowest BCUT2D eigenvalue weighted by Gasteiger charge is -2.49. The van der Waals surface area contributed by atoms with Crippen molar-refractivity contribution in [2.75, 3.05) is 27.2 Å². The fraction of sp³-hybridized carbons (Fsp3) is 0.786. The summed E-state index contributed by atoms with van der Waals surface area (Å²) in [5.41, 5.74) is 6.39. The zero-order valence-electron chi connectivity index (χ0n) is 12.8. The van der Waals surface area contributed by atoms with E-state index in [9.17, 15) is 4.79 Å². The standard InChI is InChI=1S/C14H24N6O/c1-18(2)14(21)13-9-19-4-3-10(13)5-12(19)8-20-7-11(6-15)16-17-20/h7,10,12-13H,3-6,8-9,15H2,1-2H3. The second kappa shape index (κ2) is 5.73. The molecule has 21 heavy (non-hydrogen) atoms. The summed E-state index contributed by atoms with van der Waals surface area (Å²) in [6.07, 6.45) is 4.13. The van der Waals surface area contributed by atoms with Gasteiger partial charge in [0.1, 0.15) is 0 Å². The third-order valence-corrected chi connectivity index (χ3v) is 4.83. The Bertz CT molecular complexity index is 513. The third kappa shape index (κ3) is 2.80. The lowest BCUT2D eigenvalue weighted by molar-refractivity contribution is -0.141. The maximum atomic E-state index is 12.3. The van der Waals surface area contributed by atoms with Crippen LogP contribution in [0.15, 0.2) is 6.20 Å². The van der Waals surface area contributed by atoms with Crippen LogP contribution in [-0.4, -0.2) is 63.9 Å². The average molecular weight is 292 g/mol. The number of amides is 1. The largest absolute Gasteiger partial charge is 0.349 e. The van der Waals surface area contributed by atoms with Gasteiger partial charge in [-0.05, 0) is 25.3 Å². The Morgan fingerprint density at radius 3 is 2.90 bits per heavy atom. The highest BCUT2D eigenvalue weighted by atomic mass is 16.2. The third-order valence-electron chi connectivity index (χ3n) is 4.83. The molecule has 2 bridgehead atoms. The number of nitrogens with two attached hydrogens (primary N) is 1. The second-order valence-electron chi connectivity index (χ2n) is 6.41. The van der Waals surface area contributed by atoms with Gasteiger partial charge in [0.2, 0.25) is 5.91 Å². The van der Waals surface area contributed by atoms with Crippen molar-refractivity contribution in [3.05, 3.63) is 11.9 Å². The van der Waals surface area contributed by atoms with Gasteiger partial charge in [0.05, 0.1) is 18.2 Å². The number of fused-ring (bicyclic) bond motifs is 3. The highest BCUT2D eigenvalue weighted by Gasteiger charge is 2.43. The first-order chi connectivity index (χ1) is 10.1. The molecule has 4 heterocycles. The van der Waals surface area contributed by atoms with E-state index in [1.807, 2.05) is 25.0 Å². The Labute approximate surface area is 125 Å². The fourth-order valence-corrected chi connectivity index (χ4v) is 3.68. The number of carbonyl (C=O) groups is 1. The van der Waals surface area contributed by atoms with Gasteiger partial charge in [0, 0.05) is 39.4 Å². The number of nitrogens with zero attached hydrogens (tertiary/aromatic N) is 5. The number of aromatic nitrogens is 3. The minimum absolute atomic E-state index is 0.167. The van der Waals surface area contributed by atoms with Crippen molar-refractivity contribution in [2.24, 2.45) is 17.6 Å². The molecule has 7 nitrogen and oxygen atoms in total. The van der Waals surface area contributed by atoms with Crippen LogP contribution in [0.4, 0.5) is 0 Å². The SMILES string of the molecule is CN(C)C(=O)C1CN2CCC1CC2Cn1cc(CN)nn1. The fourth-order valence-electron chi connectivity index (χ4n) is 3.68. The predicted octanol–water partition coefficient (Wildman–Crippen LogP) is -0.465. The highest BCUT2D eigenvalue weighted by Crippen LogP contribution is 2.37. The van der Waals surface area contributed by atoms with Gasteiger partial charge in [-0.3, -0.25) is 14.4 Å². The summed E-state index contributed by atoms with van der Waals surface area (Å²) in [6.45, 7) is 3.23. The van der Waals surface area contributed by atoms with E-state index in [1.54, 1.807) is 4.90 Å². The summed E-state index contributed by atoms with van der Waals surface area (Å²) in [5.74, 6) is 0.946. The molecule has 4 rings (SSSR count). The van der Waals surface area contributed by atoms with Crippen LogP contribution in [0.1, 0.15) is 18.5 Å². The molecule has 7 heteroatoms. The molecule has 4 atom stereocenters. The van der Waals surface area contributed by atoms with Crippen LogP contribution in [-0.2, 0) is 17.9 Å². The molecule has 0 saturated carbocycles. The smallest absolute Gasteiger partial charge is 0.226 e. The molecule has 0 aromatic carbocycles. The summed E-state index contributed by atoms with van der Waals surface area (Å²) in [5, 5.41) is 8.17. The summed E-state index contributed by atoms with van der Waals surface area (Å²) in [7, 11) is 3.70. The Balaban J connectivity index is 1.65. The van der Waals surface area contributed by atoms with Crippen molar-refractivity contribution in [3.63, 3.8) is 0 Å². The van der Waals surface area contributed by atoms with Gasteiger partial charge in [-0.2, -0.15) is 0 Å². The second-order valence-corrected chi connectivity index (χ2v) is 6.41. The molecule has 3 saturated heterocycles. The van der Waals surface area contributed by atoms with Gasteiger partial charge < -0.3 is 10.6 Å². The van der Waals surface area contributed by atoms with Crippen LogP contribution < -0.4 is 5.73 Å². The molecule has 3 aliphatic heterocycles. The lowest BCUT2D eigenvalue weighted by atomic mass is 9.75. The zero-order valence-corrected chi connectivity index (χ0v) is 12.8. The Morgan fingerprint density at radius 2 is 2.33 bits per heavy atom. The van der Waals surface area contributed by atoms with Crippen LogP contribution in [0, 0.1) is 11.8 Å². The first kappa shape index (κ1) is 14.5. The van der Waals surface area contributed by atoms with Crippen molar-refractivity contribution in [1.82, 2.24) is 24.8 Å². The normalized spacial score (nSPS) is 31.4. The molecule has 3 aliphatic rings. The van der Waals surface area contributed by atoms with E-state index in [0.717, 1.165) is 38.2 Å². The zero-order chi connectivity index (χ0) is 15.0. The molecular formula is C14H24N6O. The van der Waals surface area contributed by atoms with Crippen molar-refractivity contribution >= 4 is 5.91 Å². The van der Waals surface area contributed by atoms with E-state index in [2.05, 4.69) is 15.2 Å². The topological polar surface area (TPSA) is 80.3 Å². The summed E-state index contributed by atoms with van der Waals surface area (Å²) in [4.78, 5) is 16.4. The minimum Gasteiger partial charge on any atom is -0.349 e. The Hall–Kier alpha value is -1.47. The molecular weight excluding hydrogens is 268 g/mol. The molecule has 1 aromatic heterocycles. The van der Waals surface area contributed by atoms with Crippen LogP contribution in [0.3, 0.4) is 0 Å². The lowest BCUT2D eigenvalue weighted by Crippen LogP contribution is -2.57. The Kier molecular flexibility index (Phi) is 3.95. The first-order valence-corrected chi connectivity index (χ1v) is 7.62. The average Bonchev–Trinajstić information content (AvgIpc) is 2.94. The van der Waals surface area contributed by atoms with Gasteiger partial charge in [-0.15, -0.1) is 5.10 Å². The molecule has 116 valence electrons. The number of rotatable bonds is 4. The van der Waals surface area contributed by atoms with Crippen molar-refractivity contribution in [3.8, 4) is 0 Å². The van der Waals surface area contributed by atoms with Gasteiger partial charge in [-0.25, -0.2) is 0 Å². The van der Waals surface area contributed by atoms with E-state index in [4.69, 9.17) is 5.73 Å². The molecule has 0 spiro atoms. The first-order valence-electron chi connectivity index (χ1n) is 7.62. The predicted molar refractivity (Wildman–Crippen MR) is 78.2 cm³/mol. The molecule has 0 radical (unpaired) electrons. The van der Waals surface area contributed by atoms with Gasteiger partial charge in [-0.1, -0.05) is 5.21 Å². The van der Waals surface area contributed by atoms with E-state index in [1.165, 1.54) is 0 Å². The van der Waals surface area contributed by atoms with Gasteiger partial charge >= 0.3 is 0 Å². The Morgan fingerprint density at radius 1 is 1.52 bits per heavy atom. The number of carbonyl (C=O) groups excluding carboxylic acids is 1. The van der Waals surface area contributed by atoms with E-state index in [0.29, 0.717) is 18.5 Å². The number of piperidine rings is 3. The maximum Gasteiger partial charge on any atom is 0.226 e. The number of hydrogen-bond donors (Lipinski definition) is 1. The van der Waals surface area contributed by atoms with Crippen molar-refractivity contribution in [2.45, 2.75) is 32.0 Å². The van der Waals surface area contributed by atoms with E-state index < -0.39 is 0 Å². The monoisotopic (exact) mass is 292 g/mol. The summed E-state index contributed by atoms with van der Waals surface area (Å²) in [6, 6.07) is 0.460. The van der Waals surface area contributed by atoms with E-state index >= 15 is 0 Å².